The number of rotatable bonds is 7. The molecule has 0 radical (unpaired) electrons. The topological polar surface area (TPSA) is 57.2 Å². The molecule has 1 aromatic carbocycles. The molecule has 8 heteroatoms. The van der Waals surface area contributed by atoms with Gasteiger partial charge in [0.1, 0.15) is 5.82 Å². The standard InChI is InChI=1S/C20H31FN4O2.HI/c1-4-27-19(26)17-6-5-12-25(15-17)20(22-2)23-11-13-24(3)14-16-7-9-18(21)10-8-16;/h7-10,17H,4-6,11-15H2,1-3H3,(H,22,23);1H/t17-;/m1./s1. The summed E-state index contributed by atoms with van der Waals surface area (Å²) in [5.74, 6) is 0.406. The van der Waals surface area contributed by atoms with E-state index < -0.39 is 0 Å². The lowest BCUT2D eigenvalue weighted by Crippen LogP contribution is -2.49. The lowest BCUT2D eigenvalue weighted by atomic mass is 9.98. The number of halogens is 2. The van der Waals surface area contributed by atoms with Crippen LogP contribution in [0, 0.1) is 11.7 Å². The van der Waals surface area contributed by atoms with Crippen molar-refractivity contribution in [2.45, 2.75) is 26.3 Å². The number of carbonyl (C=O) groups excluding carboxylic acids is 1. The molecule has 0 unspecified atom stereocenters. The second kappa shape index (κ2) is 12.9. The first-order chi connectivity index (χ1) is 13.0. The molecule has 1 aliphatic heterocycles. The van der Waals surface area contributed by atoms with Crippen LogP contribution in [0.25, 0.3) is 0 Å². The molecule has 158 valence electrons. The summed E-state index contributed by atoms with van der Waals surface area (Å²) in [5.41, 5.74) is 1.08. The van der Waals surface area contributed by atoms with Gasteiger partial charge in [0.15, 0.2) is 5.96 Å². The third-order valence-corrected chi connectivity index (χ3v) is 4.70. The van der Waals surface area contributed by atoms with Gasteiger partial charge in [-0.15, -0.1) is 24.0 Å². The minimum atomic E-state index is -0.213. The van der Waals surface area contributed by atoms with Gasteiger partial charge in [-0.1, -0.05) is 12.1 Å². The molecule has 1 N–H and O–H groups in total. The van der Waals surface area contributed by atoms with E-state index in [1.165, 1.54) is 12.1 Å². The van der Waals surface area contributed by atoms with Crippen molar-refractivity contribution in [1.82, 2.24) is 15.1 Å². The number of nitrogens with zero attached hydrogens (tertiary/aromatic N) is 3. The summed E-state index contributed by atoms with van der Waals surface area (Å²) < 4.78 is 18.1. The van der Waals surface area contributed by atoms with Crippen molar-refractivity contribution in [2.75, 3.05) is 46.9 Å². The molecule has 1 fully saturated rings. The van der Waals surface area contributed by atoms with Crippen LogP contribution < -0.4 is 5.32 Å². The van der Waals surface area contributed by atoms with Gasteiger partial charge in [0, 0.05) is 39.8 Å². The number of hydrogen-bond acceptors (Lipinski definition) is 4. The smallest absolute Gasteiger partial charge is 0.310 e. The zero-order valence-electron chi connectivity index (χ0n) is 17.0. The summed E-state index contributed by atoms with van der Waals surface area (Å²) in [6, 6.07) is 6.59. The Bertz CT molecular complexity index is 627. The Labute approximate surface area is 184 Å². The van der Waals surface area contributed by atoms with Crippen molar-refractivity contribution in [2.24, 2.45) is 10.9 Å². The van der Waals surface area contributed by atoms with Gasteiger partial charge in [-0.25, -0.2) is 4.39 Å². The molecular formula is C20H32FIN4O2. The van der Waals surface area contributed by atoms with E-state index in [-0.39, 0.29) is 41.7 Å². The molecule has 1 saturated heterocycles. The van der Waals surface area contributed by atoms with E-state index in [9.17, 15) is 9.18 Å². The first-order valence-corrected chi connectivity index (χ1v) is 9.58. The zero-order chi connectivity index (χ0) is 19.6. The van der Waals surface area contributed by atoms with E-state index >= 15 is 0 Å². The second-order valence-corrected chi connectivity index (χ2v) is 6.88. The average Bonchev–Trinajstić information content (AvgIpc) is 2.67. The number of piperidine rings is 1. The quantitative estimate of drug-likeness (QED) is 0.267. The van der Waals surface area contributed by atoms with Crippen LogP contribution in [0.1, 0.15) is 25.3 Å². The predicted molar refractivity (Wildman–Crippen MR) is 120 cm³/mol. The number of likely N-dealkylation sites (N-methyl/N-ethyl adjacent to an activating group) is 1. The summed E-state index contributed by atoms with van der Waals surface area (Å²) >= 11 is 0. The predicted octanol–water partition coefficient (Wildman–Crippen LogP) is 2.73. The Morgan fingerprint density at radius 1 is 1.39 bits per heavy atom. The number of ether oxygens (including phenoxy) is 1. The first-order valence-electron chi connectivity index (χ1n) is 9.58. The Morgan fingerprint density at radius 3 is 2.75 bits per heavy atom. The van der Waals surface area contributed by atoms with Crippen LogP contribution in [0.2, 0.25) is 0 Å². The van der Waals surface area contributed by atoms with Crippen LogP contribution in [-0.2, 0) is 16.1 Å². The summed E-state index contributed by atoms with van der Waals surface area (Å²) in [6.45, 7) is 6.11. The van der Waals surface area contributed by atoms with Crippen LogP contribution in [0.3, 0.4) is 0 Å². The molecule has 0 bridgehead atoms. The van der Waals surface area contributed by atoms with Crippen LogP contribution in [0.5, 0.6) is 0 Å². The van der Waals surface area contributed by atoms with Crippen molar-refractivity contribution >= 4 is 35.9 Å². The van der Waals surface area contributed by atoms with Gasteiger partial charge >= 0.3 is 5.97 Å². The number of aliphatic imine (C=N–C) groups is 1. The third kappa shape index (κ3) is 7.90. The van der Waals surface area contributed by atoms with Gasteiger partial charge in [-0.05, 0) is 44.5 Å². The van der Waals surface area contributed by atoms with Gasteiger partial charge < -0.3 is 19.9 Å². The lowest BCUT2D eigenvalue weighted by molar-refractivity contribution is -0.149. The van der Waals surface area contributed by atoms with Crippen molar-refractivity contribution in [3.8, 4) is 0 Å². The maximum Gasteiger partial charge on any atom is 0.310 e. The number of guanidine groups is 1. The second-order valence-electron chi connectivity index (χ2n) is 6.88. The highest BCUT2D eigenvalue weighted by Gasteiger charge is 2.28. The fourth-order valence-electron chi connectivity index (χ4n) is 3.29. The molecule has 1 aliphatic rings. The number of hydrogen-bond donors (Lipinski definition) is 1. The molecule has 1 atom stereocenters. The van der Waals surface area contributed by atoms with Gasteiger partial charge in [0.05, 0.1) is 12.5 Å². The maximum atomic E-state index is 13.0. The number of likely N-dealkylation sites (tertiary alicyclic amines) is 1. The van der Waals surface area contributed by atoms with E-state index in [1.54, 1.807) is 19.2 Å². The highest BCUT2D eigenvalue weighted by atomic mass is 127. The summed E-state index contributed by atoms with van der Waals surface area (Å²) in [4.78, 5) is 20.7. The first kappa shape index (κ1) is 24.6. The Morgan fingerprint density at radius 2 is 2.11 bits per heavy atom. The fourth-order valence-corrected chi connectivity index (χ4v) is 3.29. The molecule has 28 heavy (non-hydrogen) atoms. The molecule has 2 rings (SSSR count). The minimum Gasteiger partial charge on any atom is -0.466 e. The number of benzene rings is 1. The van der Waals surface area contributed by atoms with Gasteiger partial charge in [-0.3, -0.25) is 9.79 Å². The van der Waals surface area contributed by atoms with Gasteiger partial charge in [0.25, 0.3) is 0 Å². The Kier molecular flexibility index (Phi) is 11.4. The summed E-state index contributed by atoms with van der Waals surface area (Å²) in [6.07, 6.45) is 1.82. The van der Waals surface area contributed by atoms with Crippen molar-refractivity contribution in [1.29, 1.82) is 0 Å². The van der Waals surface area contributed by atoms with Crippen LogP contribution >= 0.6 is 24.0 Å². The molecule has 0 aromatic heterocycles. The van der Waals surface area contributed by atoms with E-state index in [1.807, 2.05) is 14.0 Å². The van der Waals surface area contributed by atoms with Gasteiger partial charge in [0.2, 0.25) is 0 Å². The molecular weight excluding hydrogens is 474 g/mol. The molecule has 6 nitrogen and oxygen atoms in total. The fraction of sp³-hybridized carbons (Fsp3) is 0.600. The van der Waals surface area contributed by atoms with E-state index in [0.29, 0.717) is 13.2 Å². The highest BCUT2D eigenvalue weighted by molar-refractivity contribution is 14.0. The van der Waals surface area contributed by atoms with Crippen LogP contribution in [0.15, 0.2) is 29.3 Å². The largest absolute Gasteiger partial charge is 0.466 e. The maximum absolute atomic E-state index is 13.0. The highest BCUT2D eigenvalue weighted by Crippen LogP contribution is 2.18. The van der Waals surface area contributed by atoms with E-state index in [2.05, 4.69) is 20.1 Å². The molecule has 0 amide bonds. The normalized spacial score (nSPS) is 17.2. The number of esters is 1. The monoisotopic (exact) mass is 506 g/mol. The Hall–Kier alpha value is -1.42. The molecule has 0 spiro atoms. The average molecular weight is 506 g/mol. The molecule has 1 heterocycles. The summed E-state index contributed by atoms with van der Waals surface area (Å²) in [5, 5.41) is 3.38. The van der Waals surface area contributed by atoms with Crippen LogP contribution in [0.4, 0.5) is 4.39 Å². The minimum absolute atomic E-state index is 0. The third-order valence-electron chi connectivity index (χ3n) is 4.70. The van der Waals surface area contributed by atoms with E-state index in [4.69, 9.17) is 4.74 Å². The van der Waals surface area contributed by atoms with Crippen molar-refractivity contribution < 1.29 is 13.9 Å². The summed E-state index contributed by atoms with van der Waals surface area (Å²) in [7, 11) is 3.80. The van der Waals surface area contributed by atoms with Gasteiger partial charge in [-0.2, -0.15) is 0 Å². The molecule has 0 aliphatic carbocycles. The zero-order valence-corrected chi connectivity index (χ0v) is 19.3. The van der Waals surface area contributed by atoms with Crippen LogP contribution in [-0.4, -0.2) is 68.6 Å². The van der Waals surface area contributed by atoms with E-state index in [0.717, 1.165) is 50.5 Å². The van der Waals surface area contributed by atoms with Crippen molar-refractivity contribution in [3.05, 3.63) is 35.6 Å². The SMILES string of the molecule is CCOC(=O)[C@@H]1CCCN(C(=NC)NCCN(C)Cc2ccc(F)cc2)C1.I. The molecule has 1 aromatic rings. The number of carbonyl (C=O) groups is 1. The Balaban J connectivity index is 0.00000392. The van der Waals surface area contributed by atoms with Crippen molar-refractivity contribution in [3.63, 3.8) is 0 Å². The lowest BCUT2D eigenvalue weighted by Gasteiger charge is -2.34. The molecule has 0 saturated carbocycles. The number of nitrogens with one attached hydrogen (secondary N) is 1.